The van der Waals surface area contributed by atoms with Gasteiger partial charge in [0, 0.05) is 0 Å². The zero-order chi connectivity index (χ0) is 4.83. The second-order valence-electron chi connectivity index (χ2n) is 1.50. The van der Waals surface area contributed by atoms with Gasteiger partial charge in [0.05, 0.1) is 0 Å². The second-order valence-corrected chi connectivity index (χ2v) is 1.50. The molecule has 0 aromatic heterocycles. The first kappa shape index (κ1) is 6.02. The quantitative estimate of drug-likeness (QED) is 0.392. The molecule has 0 atom stereocenters. The lowest BCUT2D eigenvalue weighted by Gasteiger charge is -1.84. The Morgan fingerprint density at radius 3 is 2.50 bits per heavy atom. The Hall–Kier alpha value is 0.0249. The SMILES string of the molecule is CCCCBN. The van der Waals surface area contributed by atoms with E-state index >= 15 is 0 Å². The highest BCUT2D eigenvalue weighted by Gasteiger charge is 1.78. The fourth-order valence-corrected chi connectivity index (χ4v) is 0.394. The van der Waals surface area contributed by atoms with Crippen LogP contribution in [-0.2, 0) is 0 Å². The molecule has 0 fully saturated rings. The minimum absolute atomic E-state index is 0.855. The summed E-state index contributed by atoms with van der Waals surface area (Å²) in [5.41, 5.74) is 5.21. The Labute approximate surface area is 40.2 Å². The van der Waals surface area contributed by atoms with E-state index in [9.17, 15) is 0 Å². The van der Waals surface area contributed by atoms with Crippen molar-refractivity contribution in [2.45, 2.75) is 26.1 Å². The molecule has 0 heterocycles. The van der Waals surface area contributed by atoms with Crippen molar-refractivity contribution in [3.05, 3.63) is 0 Å². The van der Waals surface area contributed by atoms with E-state index in [4.69, 9.17) is 5.64 Å². The Morgan fingerprint density at radius 2 is 2.33 bits per heavy atom. The van der Waals surface area contributed by atoms with Crippen LogP contribution in [0.4, 0.5) is 0 Å². The minimum atomic E-state index is 0.855. The molecule has 2 N–H and O–H groups in total. The Bertz CT molecular complexity index is 19.5. The van der Waals surface area contributed by atoms with Gasteiger partial charge in [0.2, 0.25) is 0 Å². The van der Waals surface area contributed by atoms with Gasteiger partial charge in [-0.05, 0) is 0 Å². The van der Waals surface area contributed by atoms with Crippen LogP contribution < -0.4 is 5.64 Å². The van der Waals surface area contributed by atoms with Gasteiger partial charge in [-0.3, -0.25) is 0 Å². The van der Waals surface area contributed by atoms with Crippen molar-refractivity contribution < 1.29 is 0 Å². The number of unbranched alkanes of at least 4 members (excludes halogenated alkanes) is 1. The van der Waals surface area contributed by atoms with Crippen LogP contribution >= 0.6 is 0 Å². The monoisotopic (exact) mass is 85.1 g/mol. The third kappa shape index (κ3) is 4.02. The lowest BCUT2D eigenvalue weighted by atomic mass is 9.89. The van der Waals surface area contributed by atoms with Crippen LogP contribution in [0.25, 0.3) is 0 Å². The molecule has 0 aliphatic heterocycles. The van der Waals surface area contributed by atoms with Crippen molar-refractivity contribution in [3.8, 4) is 0 Å². The van der Waals surface area contributed by atoms with Crippen LogP contribution in [0.15, 0.2) is 0 Å². The van der Waals surface area contributed by atoms with Gasteiger partial charge in [0.25, 0.3) is 0 Å². The first-order valence-corrected chi connectivity index (χ1v) is 2.62. The van der Waals surface area contributed by atoms with Crippen molar-refractivity contribution >= 4 is 7.41 Å². The average Bonchev–Trinajstić information content (AvgIpc) is 1.61. The molecule has 0 saturated carbocycles. The molecule has 2 heteroatoms. The third-order valence-electron chi connectivity index (χ3n) is 0.808. The Morgan fingerprint density at radius 1 is 1.67 bits per heavy atom. The van der Waals surface area contributed by atoms with E-state index in [1.807, 2.05) is 0 Å². The molecule has 0 saturated heterocycles. The van der Waals surface area contributed by atoms with Gasteiger partial charge in [0.15, 0.2) is 7.41 Å². The van der Waals surface area contributed by atoms with Crippen molar-refractivity contribution in [1.82, 2.24) is 0 Å². The van der Waals surface area contributed by atoms with E-state index < -0.39 is 0 Å². The zero-order valence-corrected chi connectivity index (χ0v) is 4.41. The highest BCUT2D eigenvalue weighted by molar-refractivity contribution is 6.30. The molecule has 1 nitrogen and oxygen atoms in total. The topological polar surface area (TPSA) is 26.0 Å². The third-order valence-corrected chi connectivity index (χ3v) is 0.808. The van der Waals surface area contributed by atoms with Crippen LogP contribution in [-0.4, -0.2) is 7.41 Å². The maximum atomic E-state index is 5.21. The van der Waals surface area contributed by atoms with Gasteiger partial charge < -0.3 is 5.64 Å². The molecule has 0 rings (SSSR count). The molecule has 0 amide bonds. The predicted molar refractivity (Wildman–Crippen MR) is 31.1 cm³/mol. The van der Waals surface area contributed by atoms with Crippen molar-refractivity contribution in [2.75, 3.05) is 0 Å². The minimum Gasteiger partial charge on any atom is -0.373 e. The summed E-state index contributed by atoms with van der Waals surface area (Å²) in [6, 6.07) is 0. The van der Waals surface area contributed by atoms with E-state index in [1.54, 1.807) is 0 Å². The van der Waals surface area contributed by atoms with E-state index in [0.717, 1.165) is 7.41 Å². The van der Waals surface area contributed by atoms with Crippen LogP contribution in [0, 0.1) is 0 Å². The molecule has 6 heavy (non-hydrogen) atoms. The van der Waals surface area contributed by atoms with E-state index in [-0.39, 0.29) is 0 Å². The first-order valence-electron chi connectivity index (χ1n) is 2.62. The van der Waals surface area contributed by atoms with Crippen LogP contribution in [0.2, 0.25) is 6.32 Å². The number of rotatable bonds is 3. The molecule has 0 aromatic rings. The van der Waals surface area contributed by atoms with Crippen molar-refractivity contribution in [3.63, 3.8) is 0 Å². The average molecular weight is 85.0 g/mol. The van der Waals surface area contributed by atoms with Crippen molar-refractivity contribution in [1.29, 1.82) is 0 Å². The maximum Gasteiger partial charge on any atom is 0.198 e. The first-order chi connectivity index (χ1) is 2.91. The van der Waals surface area contributed by atoms with Crippen LogP contribution in [0.3, 0.4) is 0 Å². The van der Waals surface area contributed by atoms with E-state index in [1.165, 1.54) is 19.2 Å². The summed E-state index contributed by atoms with van der Waals surface area (Å²) in [4.78, 5) is 0. The summed E-state index contributed by atoms with van der Waals surface area (Å²) in [7, 11) is 0.855. The largest absolute Gasteiger partial charge is 0.373 e. The molecule has 0 bridgehead atoms. The number of hydrogen-bond acceptors (Lipinski definition) is 1. The summed E-state index contributed by atoms with van der Waals surface area (Å²) in [5.74, 6) is 0. The lowest BCUT2D eigenvalue weighted by Crippen LogP contribution is -2.01. The molecule has 0 aliphatic carbocycles. The normalized spacial score (nSPS) is 8.33. The van der Waals surface area contributed by atoms with Gasteiger partial charge in [-0.1, -0.05) is 26.1 Å². The highest BCUT2D eigenvalue weighted by atomic mass is 14.3. The molecule has 0 aromatic carbocycles. The molecule has 0 unspecified atom stereocenters. The molecule has 0 spiro atoms. The molecule has 36 valence electrons. The number of hydrogen-bond donors (Lipinski definition) is 1. The molecular weight excluding hydrogens is 72.9 g/mol. The Kier molecular flexibility index (Phi) is 5.05. The molecular formula is C4H12BN. The zero-order valence-electron chi connectivity index (χ0n) is 4.41. The van der Waals surface area contributed by atoms with E-state index in [2.05, 4.69) is 6.92 Å². The summed E-state index contributed by atoms with van der Waals surface area (Å²) in [6.45, 7) is 2.18. The molecule has 0 radical (unpaired) electrons. The maximum absolute atomic E-state index is 5.21. The summed E-state index contributed by atoms with van der Waals surface area (Å²) in [5, 5.41) is 0. The van der Waals surface area contributed by atoms with Gasteiger partial charge in [0.1, 0.15) is 0 Å². The van der Waals surface area contributed by atoms with Gasteiger partial charge in [-0.15, -0.1) is 0 Å². The second kappa shape index (κ2) is 5.02. The van der Waals surface area contributed by atoms with Gasteiger partial charge in [-0.2, -0.15) is 0 Å². The fourth-order valence-electron chi connectivity index (χ4n) is 0.394. The standard InChI is InChI=1S/C4H12BN/c1-2-3-4-5-6/h5H,2-4,6H2,1H3. The molecule has 0 aliphatic rings. The fraction of sp³-hybridized carbons (Fsp3) is 1.00. The van der Waals surface area contributed by atoms with Crippen LogP contribution in [0.5, 0.6) is 0 Å². The smallest absolute Gasteiger partial charge is 0.198 e. The van der Waals surface area contributed by atoms with Gasteiger partial charge in [-0.25, -0.2) is 0 Å². The van der Waals surface area contributed by atoms with E-state index in [0.29, 0.717) is 0 Å². The van der Waals surface area contributed by atoms with Crippen LogP contribution in [0.1, 0.15) is 19.8 Å². The summed E-state index contributed by atoms with van der Waals surface area (Å²) < 4.78 is 0. The lowest BCUT2D eigenvalue weighted by molar-refractivity contribution is 0.878. The summed E-state index contributed by atoms with van der Waals surface area (Å²) in [6.07, 6.45) is 3.75. The van der Waals surface area contributed by atoms with Gasteiger partial charge >= 0.3 is 0 Å². The Balaban J connectivity index is 2.34. The van der Waals surface area contributed by atoms with Crippen molar-refractivity contribution in [2.24, 2.45) is 5.64 Å². The number of nitrogens with two attached hydrogens (primary N) is 1. The predicted octanol–water partition coefficient (Wildman–Crippen LogP) is 0.515. The highest BCUT2D eigenvalue weighted by Crippen LogP contribution is 1.88. The summed E-state index contributed by atoms with van der Waals surface area (Å²) >= 11 is 0.